The molecular formula is C24H28N4O2S. The molecule has 1 unspecified atom stereocenters. The molecule has 1 atom stereocenters. The van der Waals surface area contributed by atoms with Gasteiger partial charge in [0.15, 0.2) is 5.11 Å². The maximum absolute atomic E-state index is 13.3. The van der Waals surface area contributed by atoms with E-state index in [1.54, 1.807) is 19.1 Å². The number of hydrogen-bond acceptors (Lipinski definition) is 4. The maximum Gasteiger partial charge on any atom is 0.272 e. The van der Waals surface area contributed by atoms with Gasteiger partial charge in [-0.15, -0.1) is 0 Å². The third kappa shape index (κ3) is 4.56. The van der Waals surface area contributed by atoms with E-state index >= 15 is 0 Å². The van der Waals surface area contributed by atoms with Crippen LogP contribution in [0, 0.1) is 5.92 Å². The van der Waals surface area contributed by atoms with E-state index in [-0.39, 0.29) is 5.91 Å². The number of benzodiazepines with no additional fused rings is 1. The summed E-state index contributed by atoms with van der Waals surface area (Å²) >= 11 is 5.52. The molecule has 1 amide bonds. The predicted octanol–water partition coefficient (Wildman–Crippen LogP) is 4.35. The normalized spacial score (nSPS) is 19.2. The lowest BCUT2D eigenvalue weighted by molar-refractivity contribution is -0.119. The lowest BCUT2D eigenvalue weighted by Gasteiger charge is -2.25. The highest BCUT2D eigenvalue weighted by Crippen LogP contribution is 2.33. The molecular weight excluding hydrogens is 408 g/mol. The summed E-state index contributed by atoms with van der Waals surface area (Å²) in [5.74, 6) is 0.895. The molecule has 1 aliphatic heterocycles. The van der Waals surface area contributed by atoms with E-state index in [0.29, 0.717) is 16.8 Å². The first-order valence-corrected chi connectivity index (χ1v) is 11.1. The quantitative estimate of drug-likeness (QED) is 0.698. The number of carbonyl (C=O) groups is 1. The molecule has 4 rings (SSSR count). The van der Waals surface area contributed by atoms with Crippen LogP contribution >= 0.6 is 12.2 Å². The monoisotopic (exact) mass is 436 g/mol. The number of para-hydroxylation sites is 3. The van der Waals surface area contributed by atoms with Gasteiger partial charge >= 0.3 is 0 Å². The topological polar surface area (TPSA) is 66.0 Å². The van der Waals surface area contributed by atoms with E-state index in [0.717, 1.165) is 35.5 Å². The largest absolute Gasteiger partial charge is 0.495 e. The lowest BCUT2D eigenvalue weighted by Crippen LogP contribution is -2.47. The Hall–Kier alpha value is -2.93. The maximum atomic E-state index is 13.3. The number of likely N-dealkylation sites (N-methyl/N-ethyl adjacent to an activating group) is 1. The molecule has 2 aliphatic rings. The Kier molecular flexibility index (Phi) is 6.51. The number of rotatable bonds is 4. The van der Waals surface area contributed by atoms with Gasteiger partial charge in [0.05, 0.1) is 24.2 Å². The highest BCUT2D eigenvalue weighted by molar-refractivity contribution is 7.80. The number of carbonyl (C=O) groups excluding carboxylic acids is 1. The molecule has 0 bridgehead atoms. The van der Waals surface area contributed by atoms with Crippen LogP contribution in [-0.4, -0.2) is 37.1 Å². The Labute approximate surface area is 188 Å². The van der Waals surface area contributed by atoms with Crippen molar-refractivity contribution in [3.8, 4) is 5.75 Å². The number of nitrogens with one attached hydrogen (secondary N) is 2. The van der Waals surface area contributed by atoms with Crippen molar-refractivity contribution in [2.45, 2.75) is 38.3 Å². The number of hydrogen-bond donors (Lipinski definition) is 2. The Morgan fingerprint density at radius 2 is 1.81 bits per heavy atom. The van der Waals surface area contributed by atoms with Crippen molar-refractivity contribution < 1.29 is 9.53 Å². The van der Waals surface area contributed by atoms with Crippen molar-refractivity contribution in [2.24, 2.45) is 10.9 Å². The van der Waals surface area contributed by atoms with Gasteiger partial charge < -0.3 is 20.3 Å². The van der Waals surface area contributed by atoms with Gasteiger partial charge in [0.25, 0.3) is 5.91 Å². The first-order valence-electron chi connectivity index (χ1n) is 10.7. The molecule has 2 N–H and O–H groups in total. The molecule has 1 aliphatic carbocycles. The van der Waals surface area contributed by atoms with Crippen LogP contribution in [0.3, 0.4) is 0 Å². The zero-order chi connectivity index (χ0) is 21.8. The van der Waals surface area contributed by atoms with Crippen molar-refractivity contribution in [3.05, 3.63) is 54.1 Å². The van der Waals surface area contributed by atoms with E-state index in [1.807, 2.05) is 42.5 Å². The number of aliphatic imine (C=N–C) groups is 1. The number of benzene rings is 2. The second-order valence-electron chi connectivity index (χ2n) is 7.96. The van der Waals surface area contributed by atoms with Crippen LogP contribution in [0.25, 0.3) is 0 Å². The van der Waals surface area contributed by atoms with E-state index in [2.05, 4.69) is 16.7 Å². The standard InChI is InChI=1S/C24H28N4O2S/c1-28-19-14-8-6-12-17(19)21(16-10-4-3-5-11-16)26-22(23(28)29)27-24(31)25-18-13-7-9-15-20(18)30-2/h6-9,12-16,22H,3-5,10-11H2,1-2H3,(H2,25,27,31). The van der Waals surface area contributed by atoms with Gasteiger partial charge in [-0.25, -0.2) is 0 Å². The number of amides is 1. The minimum atomic E-state index is -0.788. The third-order valence-corrected chi connectivity index (χ3v) is 6.21. The molecule has 1 heterocycles. The average molecular weight is 437 g/mol. The fraction of sp³-hybridized carbons (Fsp3) is 0.375. The summed E-state index contributed by atoms with van der Waals surface area (Å²) in [5.41, 5.74) is 3.67. The molecule has 6 nitrogen and oxygen atoms in total. The Morgan fingerprint density at radius 1 is 1.10 bits per heavy atom. The third-order valence-electron chi connectivity index (χ3n) is 5.99. The summed E-state index contributed by atoms with van der Waals surface area (Å²) in [6.45, 7) is 0. The number of methoxy groups -OCH3 is 1. The molecule has 2 aromatic rings. The molecule has 0 radical (unpaired) electrons. The van der Waals surface area contributed by atoms with Crippen molar-refractivity contribution >= 4 is 40.3 Å². The highest BCUT2D eigenvalue weighted by atomic mass is 32.1. The number of nitrogens with zero attached hydrogens (tertiary/aromatic N) is 2. The zero-order valence-corrected chi connectivity index (χ0v) is 18.7. The van der Waals surface area contributed by atoms with E-state index in [9.17, 15) is 4.79 Å². The molecule has 0 aromatic heterocycles. The molecule has 162 valence electrons. The van der Waals surface area contributed by atoms with E-state index in [1.165, 1.54) is 19.3 Å². The molecule has 0 saturated heterocycles. The van der Waals surface area contributed by atoms with Gasteiger partial charge in [0.1, 0.15) is 5.75 Å². The Bertz CT molecular complexity index is 1000. The summed E-state index contributed by atoms with van der Waals surface area (Å²) in [5, 5.41) is 6.59. The van der Waals surface area contributed by atoms with Crippen LogP contribution in [-0.2, 0) is 4.79 Å². The van der Waals surface area contributed by atoms with Gasteiger partial charge in [-0.3, -0.25) is 9.79 Å². The summed E-state index contributed by atoms with van der Waals surface area (Å²) in [4.78, 5) is 19.9. The van der Waals surface area contributed by atoms with E-state index < -0.39 is 6.17 Å². The van der Waals surface area contributed by atoms with Crippen LogP contribution in [0.5, 0.6) is 5.75 Å². The second-order valence-corrected chi connectivity index (χ2v) is 8.37. The van der Waals surface area contributed by atoms with Gasteiger partial charge in [0, 0.05) is 18.5 Å². The Morgan fingerprint density at radius 3 is 2.58 bits per heavy atom. The highest BCUT2D eigenvalue weighted by Gasteiger charge is 2.33. The fourth-order valence-corrected chi connectivity index (χ4v) is 4.60. The van der Waals surface area contributed by atoms with Crippen molar-refractivity contribution in [3.63, 3.8) is 0 Å². The number of anilines is 2. The smallest absolute Gasteiger partial charge is 0.272 e. The second kappa shape index (κ2) is 9.47. The fourth-order valence-electron chi connectivity index (χ4n) is 4.37. The summed E-state index contributed by atoms with van der Waals surface area (Å²) in [6, 6.07) is 15.5. The SMILES string of the molecule is COc1ccccc1NC(=S)NC1N=C(C2CCCCC2)c2ccccc2N(C)C1=O. The van der Waals surface area contributed by atoms with Crippen molar-refractivity contribution in [1.29, 1.82) is 0 Å². The first kappa shape index (κ1) is 21.3. The minimum Gasteiger partial charge on any atom is -0.495 e. The van der Waals surface area contributed by atoms with Gasteiger partial charge in [-0.1, -0.05) is 49.6 Å². The van der Waals surface area contributed by atoms with Gasteiger partial charge in [-0.05, 0) is 43.3 Å². The average Bonchev–Trinajstić information content (AvgIpc) is 2.91. The lowest BCUT2D eigenvalue weighted by atomic mass is 9.83. The number of thiocarbonyl (C=S) groups is 1. The van der Waals surface area contributed by atoms with Crippen LogP contribution in [0.15, 0.2) is 53.5 Å². The molecule has 31 heavy (non-hydrogen) atoms. The van der Waals surface area contributed by atoms with Crippen molar-refractivity contribution in [1.82, 2.24) is 5.32 Å². The first-order chi connectivity index (χ1) is 15.1. The summed E-state index contributed by atoms with van der Waals surface area (Å²) in [7, 11) is 3.41. The predicted molar refractivity (Wildman–Crippen MR) is 129 cm³/mol. The van der Waals surface area contributed by atoms with Crippen LogP contribution in [0.1, 0.15) is 37.7 Å². The zero-order valence-electron chi connectivity index (χ0n) is 17.9. The molecule has 1 saturated carbocycles. The van der Waals surface area contributed by atoms with E-state index in [4.69, 9.17) is 21.9 Å². The summed E-state index contributed by atoms with van der Waals surface area (Å²) < 4.78 is 5.38. The van der Waals surface area contributed by atoms with Crippen LogP contribution in [0.2, 0.25) is 0 Å². The molecule has 0 spiro atoms. The van der Waals surface area contributed by atoms with Crippen molar-refractivity contribution in [2.75, 3.05) is 24.4 Å². The number of fused-ring (bicyclic) bond motifs is 1. The van der Waals surface area contributed by atoms with Gasteiger partial charge in [0.2, 0.25) is 6.17 Å². The minimum absolute atomic E-state index is 0.137. The van der Waals surface area contributed by atoms with Gasteiger partial charge in [-0.2, -0.15) is 0 Å². The molecule has 1 fully saturated rings. The molecule has 7 heteroatoms. The Balaban J connectivity index is 1.63. The van der Waals surface area contributed by atoms with Crippen LogP contribution < -0.4 is 20.3 Å². The molecule has 2 aromatic carbocycles. The summed E-state index contributed by atoms with van der Waals surface area (Å²) in [6.07, 6.45) is 5.06. The number of ether oxygens (including phenoxy) is 1. The van der Waals surface area contributed by atoms with Crippen LogP contribution in [0.4, 0.5) is 11.4 Å².